The van der Waals surface area contributed by atoms with Crippen LogP contribution in [0.4, 0.5) is 0 Å². The molecule has 0 amide bonds. The molecule has 0 radical (unpaired) electrons. The minimum Gasteiger partial charge on any atom is -0.294 e. The second-order valence-corrected chi connectivity index (χ2v) is 8.21. The molecule has 0 bridgehead atoms. The van der Waals surface area contributed by atoms with E-state index in [1.165, 1.54) is 0 Å². The topological polar surface area (TPSA) is 34.1 Å². The van der Waals surface area contributed by atoms with Crippen LogP contribution >= 0.6 is 0 Å². The van der Waals surface area contributed by atoms with Gasteiger partial charge in [0.15, 0.2) is 11.6 Å². The van der Waals surface area contributed by atoms with E-state index >= 15 is 0 Å². The number of carbonyl (C=O) groups excluding carboxylic acids is 2. The lowest BCUT2D eigenvalue weighted by atomic mass is 9.53. The molecule has 2 fully saturated rings. The van der Waals surface area contributed by atoms with Crippen molar-refractivity contribution < 1.29 is 9.59 Å². The maximum absolute atomic E-state index is 13.2. The Balaban J connectivity index is 1.95. The summed E-state index contributed by atoms with van der Waals surface area (Å²) >= 11 is 0. The number of ketones is 2. The van der Waals surface area contributed by atoms with Crippen LogP contribution in [0.15, 0.2) is 24.3 Å². The molecule has 7 unspecified atom stereocenters. The smallest absolute Gasteiger partial charge is 0.167 e. The lowest BCUT2D eigenvalue weighted by Gasteiger charge is -2.48. The van der Waals surface area contributed by atoms with Crippen molar-refractivity contribution in [3.63, 3.8) is 0 Å². The van der Waals surface area contributed by atoms with E-state index in [0.29, 0.717) is 23.0 Å². The van der Waals surface area contributed by atoms with Crippen molar-refractivity contribution in [1.82, 2.24) is 0 Å². The highest BCUT2D eigenvalue weighted by Gasteiger charge is 2.79. The molecule has 1 aromatic rings. The van der Waals surface area contributed by atoms with Crippen molar-refractivity contribution >= 4 is 11.6 Å². The summed E-state index contributed by atoms with van der Waals surface area (Å²) < 4.78 is 0. The summed E-state index contributed by atoms with van der Waals surface area (Å²) in [6, 6.07) is 7.40. The van der Waals surface area contributed by atoms with Crippen molar-refractivity contribution in [1.29, 1.82) is 0 Å². The summed E-state index contributed by atoms with van der Waals surface area (Å²) in [5.41, 5.74) is 1.44. The van der Waals surface area contributed by atoms with E-state index in [4.69, 9.17) is 0 Å². The first-order valence-electron chi connectivity index (χ1n) is 8.45. The molecule has 2 heteroatoms. The zero-order chi connectivity index (χ0) is 16.0. The Morgan fingerprint density at radius 1 is 0.864 bits per heavy atom. The van der Waals surface area contributed by atoms with Gasteiger partial charge in [-0.3, -0.25) is 9.59 Å². The summed E-state index contributed by atoms with van der Waals surface area (Å²) in [7, 11) is 0. The Labute approximate surface area is 132 Å². The third-order valence-electron chi connectivity index (χ3n) is 8.23. The molecule has 22 heavy (non-hydrogen) atoms. The summed E-state index contributed by atoms with van der Waals surface area (Å²) in [6.45, 7) is 11.3. The normalized spacial score (nSPS) is 49.2. The Kier molecular flexibility index (Phi) is 2.51. The first kappa shape index (κ1) is 14.2. The van der Waals surface area contributed by atoms with Crippen LogP contribution in [-0.2, 0) is 0 Å². The van der Waals surface area contributed by atoms with Crippen LogP contribution in [0.1, 0.15) is 55.3 Å². The number of hydrogen-bond donors (Lipinski definition) is 0. The largest absolute Gasteiger partial charge is 0.294 e. The summed E-state index contributed by atoms with van der Waals surface area (Å²) in [5, 5.41) is 0. The maximum Gasteiger partial charge on any atom is 0.167 e. The first-order chi connectivity index (χ1) is 10.3. The second-order valence-electron chi connectivity index (χ2n) is 8.21. The molecule has 116 valence electrons. The predicted molar refractivity (Wildman–Crippen MR) is 85.8 cm³/mol. The highest BCUT2D eigenvalue weighted by Crippen LogP contribution is 2.81. The molecule has 3 aliphatic rings. The van der Waals surface area contributed by atoms with E-state index in [0.717, 1.165) is 0 Å². The Bertz CT molecular complexity index is 705. The van der Waals surface area contributed by atoms with Crippen molar-refractivity contribution in [3.05, 3.63) is 35.4 Å². The van der Waals surface area contributed by atoms with Gasteiger partial charge in [-0.05, 0) is 28.6 Å². The van der Waals surface area contributed by atoms with Gasteiger partial charge in [0, 0.05) is 23.0 Å². The van der Waals surface area contributed by atoms with Crippen LogP contribution in [0.2, 0.25) is 0 Å². The van der Waals surface area contributed by atoms with Crippen LogP contribution in [0, 0.1) is 40.4 Å². The maximum atomic E-state index is 13.2. The van der Waals surface area contributed by atoms with E-state index < -0.39 is 0 Å². The van der Waals surface area contributed by atoms with Gasteiger partial charge < -0.3 is 0 Å². The van der Waals surface area contributed by atoms with Crippen LogP contribution in [0.5, 0.6) is 0 Å². The van der Waals surface area contributed by atoms with Gasteiger partial charge in [0.2, 0.25) is 0 Å². The standard InChI is InChI=1S/C20H24O2/c1-10-11(2)19(4)12(3)20(19,5)16-15(10)17(21)13-8-6-7-9-14(13)18(16)22/h6-12,15-16H,1-5H3. The third-order valence-corrected chi connectivity index (χ3v) is 8.23. The molecule has 0 aromatic heterocycles. The number of Topliss-reactive ketones (excluding diaryl/α,β-unsaturated/α-hetero) is 2. The lowest BCUT2D eigenvalue weighted by Crippen LogP contribution is -2.51. The van der Waals surface area contributed by atoms with Gasteiger partial charge in [-0.2, -0.15) is 0 Å². The molecule has 1 aromatic carbocycles. The summed E-state index contributed by atoms with van der Waals surface area (Å²) in [6.07, 6.45) is 0. The number of benzene rings is 1. The molecule has 3 aliphatic carbocycles. The van der Waals surface area contributed by atoms with Gasteiger partial charge in [-0.1, -0.05) is 58.9 Å². The molecule has 0 saturated heterocycles. The van der Waals surface area contributed by atoms with Crippen molar-refractivity contribution in [2.45, 2.75) is 34.6 Å². The molecule has 4 rings (SSSR count). The SMILES string of the molecule is CC1C2C(=O)c3ccccc3C(=O)C2C2(C)C(C)C2(C)C1C. The van der Waals surface area contributed by atoms with Crippen LogP contribution in [0.25, 0.3) is 0 Å². The lowest BCUT2D eigenvalue weighted by molar-refractivity contribution is 0.0134. The van der Waals surface area contributed by atoms with Gasteiger partial charge in [0.05, 0.1) is 0 Å². The molecule has 2 nitrogen and oxygen atoms in total. The fourth-order valence-electron chi connectivity index (χ4n) is 6.23. The molecular formula is C20H24O2. The number of fused-ring (bicyclic) bond motifs is 4. The predicted octanol–water partition coefficient (Wildman–Crippen LogP) is 4.25. The average molecular weight is 296 g/mol. The molecule has 2 saturated carbocycles. The van der Waals surface area contributed by atoms with Crippen molar-refractivity contribution in [2.24, 2.45) is 40.4 Å². The third kappa shape index (κ3) is 1.22. The summed E-state index contributed by atoms with van der Waals surface area (Å²) in [4.78, 5) is 26.3. The monoisotopic (exact) mass is 296 g/mol. The molecular weight excluding hydrogens is 272 g/mol. The zero-order valence-electron chi connectivity index (χ0n) is 14.0. The fourth-order valence-corrected chi connectivity index (χ4v) is 6.23. The van der Waals surface area contributed by atoms with E-state index in [9.17, 15) is 9.59 Å². The van der Waals surface area contributed by atoms with Crippen LogP contribution in [-0.4, -0.2) is 11.6 Å². The van der Waals surface area contributed by atoms with Gasteiger partial charge in [0.1, 0.15) is 0 Å². The number of hydrogen-bond acceptors (Lipinski definition) is 2. The van der Waals surface area contributed by atoms with Crippen molar-refractivity contribution in [3.8, 4) is 0 Å². The second kappa shape index (κ2) is 3.90. The first-order valence-corrected chi connectivity index (χ1v) is 8.45. The van der Waals surface area contributed by atoms with E-state index in [1.807, 2.05) is 24.3 Å². The quantitative estimate of drug-likeness (QED) is 0.717. The highest BCUT2D eigenvalue weighted by molar-refractivity contribution is 6.16. The highest BCUT2D eigenvalue weighted by atomic mass is 16.1. The van der Waals surface area contributed by atoms with Gasteiger partial charge in [-0.25, -0.2) is 0 Å². The molecule has 0 spiro atoms. The van der Waals surface area contributed by atoms with Crippen LogP contribution in [0.3, 0.4) is 0 Å². The fraction of sp³-hybridized carbons (Fsp3) is 0.600. The zero-order valence-corrected chi connectivity index (χ0v) is 14.0. The minimum atomic E-state index is -0.138. The molecule has 0 aliphatic heterocycles. The Morgan fingerprint density at radius 2 is 1.41 bits per heavy atom. The van der Waals surface area contributed by atoms with Gasteiger partial charge in [0.25, 0.3) is 0 Å². The van der Waals surface area contributed by atoms with Gasteiger partial charge in [-0.15, -0.1) is 0 Å². The summed E-state index contributed by atoms with van der Waals surface area (Å²) in [5.74, 6) is 1.35. The minimum absolute atomic E-state index is 0.0378. The van der Waals surface area contributed by atoms with Crippen LogP contribution < -0.4 is 0 Å². The number of rotatable bonds is 0. The number of carbonyl (C=O) groups is 2. The Hall–Kier alpha value is -1.44. The van der Waals surface area contributed by atoms with E-state index in [2.05, 4.69) is 34.6 Å². The van der Waals surface area contributed by atoms with E-state index in [1.54, 1.807) is 0 Å². The average Bonchev–Trinajstić information content (AvgIpc) is 2.97. The molecule has 7 atom stereocenters. The van der Waals surface area contributed by atoms with Crippen molar-refractivity contribution in [2.75, 3.05) is 0 Å². The van der Waals surface area contributed by atoms with Gasteiger partial charge >= 0.3 is 0 Å². The Morgan fingerprint density at radius 3 is 2.00 bits per heavy atom. The van der Waals surface area contributed by atoms with E-state index in [-0.39, 0.29) is 40.2 Å². The molecule has 0 N–H and O–H groups in total. The molecule has 0 heterocycles.